The molecule has 1 fully saturated rings. The number of hydrogen-bond acceptors (Lipinski definition) is 5. The number of carboxylic acids is 1. The first-order valence-electron chi connectivity index (χ1n) is 6.93. The predicted octanol–water partition coefficient (Wildman–Crippen LogP) is -0.171. The number of anilines is 1. The number of carbonyl (C=O) groups is 2. The van der Waals surface area contributed by atoms with Gasteiger partial charge in [-0.15, -0.1) is 0 Å². The van der Waals surface area contributed by atoms with Crippen LogP contribution in [0, 0.1) is 11.8 Å². The molecule has 1 saturated carbocycles. The molecule has 1 aromatic carbocycles. The average Bonchev–Trinajstić information content (AvgIpc) is 2.46. The maximum absolute atomic E-state index is 12.2. The summed E-state index contributed by atoms with van der Waals surface area (Å²) in [6.07, 6.45) is 2.50. The average molecular weight is 325 g/mol. The van der Waals surface area contributed by atoms with Gasteiger partial charge >= 0.3 is 0 Å². The Kier molecular flexibility index (Phi) is 4.82. The standard InChI is InChI=1S/C14H18N2O5S/c15-22(20,21)10-7-5-9(6-8-10)16-13(17)11-3-1-2-4-12(11)14(18)19/h5-8,11-12H,1-4H2,(H,16,17)(H,18,19)(H2,15,20,21)/p-1/t11-,12-/m0/s1. The van der Waals surface area contributed by atoms with Crippen LogP contribution < -0.4 is 15.6 Å². The number of nitrogens with two attached hydrogens (primary N) is 1. The van der Waals surface area contributed by atoms with Crippen molar-refractivity contribution in [2.75, 3.05) is 5.32 Å². The van der Waals surface area contributed by atoms with Crippen molar-refractivity contribution in [1.29, 1.82) is 0 Å². The first-order chi connectivity index (χ1) is 10.3. The van der Waals surface area contributed by atoms with Crippen LogP contribution in [0.3, 0.4) is 0 Å². The van der Waals surface area contributed by atoms with Crippen LogP contribution in [0.4, 0.5) is 5.69 Å². The molecular weight excluding hydrogens is 308 g/mol. The van der Waals surface area contributed by atoms with E-state index in [0.29, 0.717) is 18.5 Å². The van der Waals surface area contributed by atoms with E-state index >= 15 is 0 Å². The summed E-state index contributed by atoms with van der Waals surface area (Å²) in [4.78, 5) is 23.3. The number of primary sulfonamides is 1. The lowest BCUT2D eigenvalue weighted by Gasteiger charge is -2.31. The van der Waals surface area contributed by atoms with Gasteiger partial charge in [0.05, 0.1) is 4.90 Å². The van der Waals surface area contributed by atoms with Crippen molar-refractivity contribution in [1.82, 2.24) is 0 Å². The Balaban J connectivity index is 2.09. The molecule has 0 heterocycles. The second kappa shape index (κ2) is 6.45. The van der Waals surface area contributed by atoms with E-state index in [1.165, 1.54) is 24.3 Å². The van der Waals surface area contributed by atoms with E-state index < -0.39 is 33.7 Å². The van der Waals surface area contributed by atoms with Gasteiger partial charge in [-0.3, -0.25) is 4.79 Å². The van der Waals surface area contributed by atoms with Crippen LogP contribution in [0.1, 0.15) is 25.7 Å². The van der Waals surface area contributed by atoms with Crippen molar-refractivity contribution in [2.45, 2.75) is 30.6 Å². The highest BCUT2D eigenvalue weighted by atomic mass is 32.2. The molecule has 22 heavy (non-hydrogen) atoms. The third-order valence-electron chi connectivity index (χ3n) is 3.86. The van der Waals surface area contributed by atoms with Gasteiger partial charge in [0.1, 0.15) is 0 Å². The molecule has 7 nitrogen and oxygen atoms in total. The minimum absolute atomic E-state index is 0.0595. The molecule has 3 N–H and O–H groups in total. The van der Waals surface area contributed by atoms with Gasteiger partial charge in [-0.25, -0.2) is 13.6 Å². The van der Waals surface area contributed by atoms with Crippen molar-refractivity contribution >= 4 is 27.6 Å². The number of carbonyl (C=O) groups excluding carboxylic acids is 2. The molecule has 8 heteroatoms. The SMILES string of the molecule is NS(=O)(=O)c1ccc(NC(=O)[C@H]2CCCC[C@@H]2C(=O)[O-])cc1. The zero-order valence-corrected chi connectivity index (χ0v) is 12.6. The maximum Gasteiger partial charge on any atom is 0.238 e. The summed E-state index contributed by atoms with van der Waals surface area (Å²) in [6, 6.07) is 5.38. The normalized spacial score (nSPS) is 22.0. The van der Waals surface area contributed by atoms with E-state index in [-0.39, 0.29) is 4.90 Å². The number of hydrogen-bond donors (Lipinski definition) is 2. The van der Waals surface area contributed by atoms with Crippen LogP contribution in [0.2, 0.25) is 0 Å². The topological polar surface area (TPSA) is 129 Å². The predicted molar refractivity (Wildman–Crippen MR) is 76.9 cm³/mol. The Hall–Kier alpha value is -1.93. The van der Waals surface area contributed by atoms with Gasteiger partial charge in [0, 0.05) is 23.5 Å². The number of nitrogens with one attached hydrogen (secondary N) is 1. The van der Waals surface area contributed by atoms with Crippen LogP contribution in [-0.4, -0.2) is 20.3 Å². The first-order valence-corrected chi connectivity index (χ1v) is 8.48. The van der Waals surface area contributed by atoms with Crippen molar-refractivity contribution in [3.8, 4) is 0 Å². The molecule has 2 atom stereocenters. The fourth-order valence-electron chi connectivity index (χ4n) is 2.69. The third-order valence-corrected chi connectivity index (χ3v) is 4.79. The van der Waals surface area contributed by atoms with Gasteiger partial charge in [-0.05, 0) is 37.1 Å². The molecule has 1 amide bonds. The van der Waals surface area contributed by atoms with Gasteiger partial charge in [0.15, 0.2) is 0 Å². The Morgan fingerprint density at radius 1 is 1.09 bits per heavy atom. The number of sulfonamides is 1. The number of rotatable bonds is 4. The van der Waals surface area contributed by atoms with Crippen molar-refractivity contribution < 1.29 is 23.1 Å². The fourth-order valence-corrected chi connectivity index (χ4v) is 3.21. The number of aliphatic carboxylic acids is 1. The third kappa shape index (κ3) is 3.83. The Morgan fingerprint density at radius 3 is 2.14 bits per heavy atom. The molecule has 1 aromatic rings. The number of amides is 1. The zero-order valence-electron chi connectivity index (χ0n) is 11.8. The molecule has 0 bridgehead atoms. The van der Waals surface area contributed by atoms with Gasteiger partial charge in [-0.2, -0.15) is 0 Å². The molecule has 0 aromatic heterocycles. The van der Waals surface area contributed by atoms with Crippen molar-refractivity contribution in [3.63, 3.8) is 0 Å². The van der Waals surface area contributed by atoms with Crippen molar-refractivity contribution in [3.05, 3.63) is 24.3 Å². The molecule has 0 aliphatic heterocycles. The summed E-state index contributed by atoms with van der Waals surface area (Å²) in [5.74, 6) is -3.00. The highest BCUT2D eigenvalue weighted by Crippen LogP contribution is 2.30. The lowest BCUT2D eigenvalue weighted by atomic mass is 9.78. The molecule has 0 saturated heterocycles. The van der Waals surface area contributed by atoms with E-state index in [2.05, 4.69) is 5.32 Å². The second-order valence-electron chi connectivity index (χ2n) is 5.38. The minimum Gasteiger partial charge on any atom is -0.550 e. The fraction of sp³-hybridized carbons (Fsp3) is 0.429. The van der Waals surface area contributed by atoms with Crippen LogP contribution >= 0.6 is 0 Å². The smallest absolute Gasteiger partial charge is 0.238 e. The largest absolute Gasteiger partial charge is 0.550 e. The molecule has 0 spiro atoms. The lowest BCUT2D eigenvalue weighted by molar-refractivity contribution is -0.313. The van der Waals surface area contributed by atoms with Crippen LogP contribution in [0.25, 0.3) is 0 Å². The summed E-state index contributed by atoms with van der Waals surface area (Å²) in [7, 11) is -3.79. The van der Waals surface area contributed by atoms with Crippen molar-refractivity contribution in [2.24, 2.45) is 17.0 Å². The molecular formula is C14H17N2O5S-. The van der Waals surface area contributed by atoms with Crippen LogP contribution in [-0.2, 0) is 19.6 Å². The van der Waals surface area contributed by atoms with E-state index in [1.54, 1.807) is 0 Å². The molecule has 1 aliphatic carbocycles. The summed E-state index contributed by atoms with van der Waals surface area (Å²) < 4.78 is 22.3. The highest BCUT2D eigenvalue weighted by molar-refractivity contribution is 7.89. The second-order valence-corrected chi connectivity index (χ2v) is 6.94. The number of carboxylic acid groups (broad SMARTS) is 1. The van der Waals surface area contributed by atoms with Gasteiger partial charge in [-0.1, -0.05) is 12.8 Å². The van der Waals surface area contributed by atoms with Crippen LogP contribution in [0.15, 0.2) is 29.2 Å². The maximum atomic E-state index is 12.2. The van der Waals surface area contributed by atoms with Crippen LogP contribution in [0.5, 0.6) is 0 Å². The molecule has 0 radical (unpaired) electrons. The summed E-state index contributed by atoms with van der Waals surface area (Å²) >= 11 is 0. The molecule has 120 valence electrons. The molecule has 1 aliphatic rings. The monoisotopic (exact) mass is 325 g/mol. The minimum atomic E-state index is -3.79. The highest BCUT2D eigenvalue weighted by Gasteiger charge is 2.31. The lowest BCUT2D eigenvalue weighted by Crippen LogP contribution is -2.42. The zero-order chi connectivity index (χ0) is 16.3. The van der Waals surface area contributed by atoms with E-state index in [0.717, 1.165) is 12.8 Å². The summed E-state index contributed by atoms with van der Waals surface area (Å²) in [5.41, 5.74) is 0.389. The summed E-state index contributed by atoms with van der Waals surface area (Å²) in [5, 5.41) is 18.7. The first kappa shape index (κ1) is 16.4. The van der Waals surface area contributed by atoms with E-state index in [1.807, 2.05) is 0 Å². The van der Waals surface area contributed by atoms with E-state index in [4.69, 9.17) is 5.14 Å². The Bertz CT molecular complexity index is 669. The molecule has 2 rings (SSSR count). The van der Waals surface area contributed by atoms with Gasteiger partial charge < -0.3 is 15.2 Å². The van der Waals surface area contributed by atoms with E-state index in [9.17, 15) is 23.1 Å². The molecule has 0 unspecified atom stereocenters. The Labute approximate surface area is 128 Å². The summed E-state index contributed by atoms with van der Waals surface area (Å²) in [6.45, 7) is 0. The van der Waals surface area contributed by atoms with Gasteiger partial charge in [0.2, 0.25) is 15.9 Å². The quantitative estimate of drug-likeness (QED) is 0.794. The van der Waals surface area contributed by atoms with Gasteiger partial charge in [0.25, 0.3) is 0 Å². The Morgan fingerprint density at radius 2 is 1.64 bits per heavy atom. The number of benzene rings is 1.